The Balaban J connectivity index is 0.000000177. The molecule has 0 amide bonds. The van der Waals surface area contributed by atoms with E-state index < -0.39 is 0 Å². The number of hydrogen-bond donors (Lipinski definition) is 0. The van der Waals surface area contributed by atoms with Crippen molar-refractivity contribution in [2.45, 2.75) is 27.2 Å². The Bertz CT molecular complexity index is 697. The molecular formula is C23H26O. The third-order valence-corrected chi connectivity index (χ3v) is 3.65. The van der Waals surface area contributed by atoms with Crippen LogP contribution < -0.4 is 4.74 Å². The van der Waals surface area contributed by atoms with E-state index in [0.717, 1.165) is 18.8 Å². The molecule has 0 bridgehead atoms. The van der Waals surface area contributed by atoms with Gasteiger partial charge in [-0.05, 0) is 43.5 Å². The highest BCUT2D eigenvalue weighted by Gasteiger charge is 1.94. The predicted octanol–water partition coefficient (Wildman–Crippen LogP) is 6.45. The van der Waals surface area contributed by atoms with Crippen molar-refractivity contribution >= 4 is 0 Å². The van der Waals surface area contributed by atoms with Crippen LogP contribution in [-0.2, 0) is 0 Å². The number of benzene rings is 3. The highest BCUT2D eigenvalue weighted by Crippen LogP contribution is 2.18. The summed E-state index contributed by atoms with van der Waals surface area (Å²) in [4.78, 5) is 0. The lowest BCUT2D eigenvalue weighted by atomic mass is 10.0. The lowest BCUT2D eigenvalue weighted by Crippen LogP contribution is -1.94. The SMILES string of the molecule is CCCOc1ccc(C)cc1.Cc1ccc(-c2ccccc2)cc1. The smallest absolute Gasteiger partial charge is 0.119 e. The van der Waals surface area contributed by atoms with Crippen LogP contribution in [0.3, 0.4) is 0 Å². The molecule has 0 fully saturated rings. The molecule has 3 aromatic carbocycles. The van der Waals surface area contributed by atoms with Crippen LogP contribution in [-0.4, -0.2) is 6.61 Å². The van der Waals surface area contributed by atoms with Gasteiger partial charge in [-0.2, -0.15) is 0 Å². The summed E-state index contributed by atoms with van der Waals surface area (Å²) in [7, 11) is 0. The van der Waals surface area contributed by atoms with E-state index in [2.05, 4.69) is 81.4 Å². The molecular weight excluding hydrogens is 292 g/mol. The van der Waals surface area contributed by atoms with Crippen molar-refractivity contribution in [3.8, 4) is 16.9 Å². The monoisotopic (exact) mass is 318 g/mol. The van der Waals surface area contributed by atoms with Crippen LogP contribution in [0.1, 0.15) is 24.5 Å². The minimum Gasteiger partial charge on any atom is -0.494 e. The summed E-state index contributed by atoms with van der Waals surface area (Å²) >= 11 is 0. The fraction of sp³-hybridized carbons (Fsp3) is 0.217. The van der Waals surface area contributed by atoms with Crippen molar-refractivity contribution < 1.29 is 4.74 Å². The van der Waals surface area contributed by atoms with Gasteiger partial charge in [0.1, 0.15) is 5.75 Å². The first-order chi connectivity index (χ1) is 11.7. The Labute approximate surface area is 145 Å². The van der Waals surface area contributed by atoms with Gasteiger partial charge in [0.2, 0.25) is 0 Å². The van der Waals surface area contributed by atoms with Gasteiger partial charge in [-0.25, -0.2) is 0 Å². The molecule has 0 aromatic heterocycles. The number of aryl methyl sites for hydroxylation is 2. The first-order valence-electron chi connectivity index (χ1n) is 8.50. The van der Waals surface area contributed by atoms with Crippen molar-refractivity contribution in [2.24, 2.45) is 0 Å². The number of rotatable bonds is 4. The molecule has 0 aliphatic rings. The van der Waals surface area contributed by atoms with Gasteiger partial charge in [-0.3, -0.25) is 0 Å². The van der Waals surface area contributed by atoms with Crippen LogP contribution in [0.15, 0.2) is 78.9 Å². The topological polar surface area (TPSA) is 9.23 Å². The molecule has 124 valence electrons. The van der Waals surface area contributed by atoms with Gasteiger partial charge in [0.05, 0.1) is 6.61 Å². The molecule has 0 atom stereocenters. The van der Waals surface area contributed by atoms with E-state index >= 15 is 0 Å². The maximum Gasteiger partial charge on any atom is 0.119 e. The third-order valence-electron chi connectivity index (χ3n) is 3.65. The van der Waals surface area contributed by atoms with E-state index in [1.165, 1.54) is 22.3 Å². The second-order valence-electron chi connectivity index (χ2n) is 5.89. The van der Waals surface area contributed by atoms with E-state index in [9.17, 15) is 0 Å². The molecule has 24 heavy (non-hydrogen) atoms. The lowest BCUT2D eigenvalue weighted by Gasteiger charge is -2.03. The van der Waals surface area contributed by atoms with E-state index in [0.29, 0.717) is 0 Å². The predicted molar refractivity (Wildman–Crippen MR) is 104 cm³/mol. The van der Waals surface area contributed by atoms with Crippen LogP contribution in [0.25, 0.3) is 11.1 Å². The molecule has 0 aliphatic carbocycles. The minimum absolute atomic E-state index is 0.809. The van der Waals surface area contributed by atoms with Crippen LogP contribution in [0.4, 0.5) is 0 Å². The maximum atomic E-state index is 5.41. The largest absolute Gasteiger partial charge is 0.494 e. The summed E-state index contributed by atoms with van der Waals surface area (Å²) < 4.78 is 5.41. The van der Waals surface area contributed by atoms with Crippen molar-refractivity contribution in [2.75, 3.05) is 6.61 Å². The third kappa shape index (κ3) is 5.92. The molecule has 0 spiro atoms. The molecule has 0 heterocycles. The zero-order valence-corrected chi connectivity index (χ0v) is 14.8. The molecule has 0 saturated heterocycles. The molecule has 0 radical (unpaired) electrons. The fourth-order valence-corrected chi connectivity index (χ4v) is 2.23. The summed E-state index contributed by atoms with van der Waals surface area (Å²) in [6.07, 6.45) is 1.06. The van der Waals surface area contributed by atoms with Crippen LogP contribution >= 0.6 is 0 Å². The molecule has 3 rings (SSSR count). The average molecular weight is 318 g/mol. The maximum absolute atomic E-state index is 5.41. The highest BCUT2D eigenvalue weighted by molar-refractivity contribution is 5.63. The first-order valence-corrected chi connectivity index (χ1v) is 8.50. The minimum atomic E-state index is 0.809. The van der Waals surface area contributed by atoms with Gasteiger partial charge >= 0.3 is 0 Å². The summed E-state index contributed by atoms with van der Waals surface area (Å²) in [6.45, 7) is 7.09. The summed E-state index contributed by atoms with van der Waals surface area (Å²) in [6, 6.07) is 27.2. The zero-order chi connectivity index (χ0) is 17.2. The number of ether oxygens (including phenoxy) is 1. The molecule has 0 aliphatic heterocycles. The summed E-state index contributed by atoms with van der Waals surface area (Å²) in [5, 5.41) is 0. The lowest BCUT2D eigenvalue weighted by molar-refractivity contribution is 0.317. The van der Waals surface area contributed by atoms with Gasteiger partial charge in [0.25, 0.3) is 0 Å². The Morgan fingerprint density at radius 1 is 0.625 bits per heavy atom. The summed E-state index contributed by atoms with van der Waals surface area (Å²) in [5.74, 6) is 0.970. The zero-order valence-electron chi connectivity index (χ0n) is 14.8. The normalized spacial score (nSPS) is 9.79. The summed E-state index contributed by atoms with van der Waals surface area (Å²) in [5.41, 5.74) is 5.14. The Morgan fingerprint density at radius 2 is 1.12 bits per heavy atom. The van der Waals surface area contributed by atoms with E-state index in [4.69, 9.17) is 4.74 Å². The van der Waals surface area contributed by atoms with Gasteiger partial charge in [0.15, 0.2) is 0 Å². The first kappa shape index (κ1) is 17.8. The van der Waals surface area contributed by atoms with Gasteiger partial charge < -0.3 is 4.74 Å². The molecule has 0 unspecified atom stereocenters. The Morgan fingerprint density at radius 3 is 1.67 bits per heavy atom. The molecule has 0 saturated carbocycles. The van der Waals surface area contributed by atoms with Crippen molar-refractivity contribution in [1.29, 1.82) is 0 Å². The van der Waals surface area contributed by atoms with Gasteiger partial charge in [0, 0.05) is 0 Å². The van der Waals surface area contributed by atoms with Crippen LogP contribution in [0.5, 0.6) is 5.75 Å². The molecule has 0 N–H and O–H groups in total. The average Bonchev–Trinajstić information content (AvgIpc) is 2.63. The second-order valence-corrected chi connectivity index (χ2v) is 5.89. The molecule has 3 aromatic rings. The quantitative estimate of drug-likeness (QED) is 0.537. The van der Waals surface area contributed by atoms with E-state index in [1.54, 1.807) is 0 Å². The molecule has 1 nitrogen and oxygen atoms in total. The standard InChI is InChI=1S/C13H12.C10H14O/c1-11-7-9-13(10-8-11)12-5-3-2-4-6-12;1-3-8-11-10-6-4-9(2)5-7-10/h2-10H,1H3;4-7H,3,8H2,1-2H3. The van der Waals surface area contributed by atoms with Gasteiger partial charge in [-0.15, -0.1) is 0 Å². The number of hydrogen-bond acceptors (Lipinski definition) is 1. The van der Waals surface area contributed by atoms with E-state index in [1.807, 2.05) is 18.2 Å². The van der Waals surface area contributed by atoms with Crippen molar-refractivity contribution in [3.05, 3.63) is 90.0 Å². The van der Waals surface area contributed by atoms with Crippen molar-refractivity contribution in [1.82, 2.24) is 0 Å². The Kier molecular flexibility index (Phi) is 7.10. The fourth-order valence-electron chi connectivity index (χ4n) is 2.23. The Hall–Kier alpha value is -2.54. The van der Waals surface area contributed by atoms with Crippen LogP contribution in [0.2, 0.25) is 0 Å². The van der Waals surface area contributed by atoms with Crippen LogP contribution in [0, 0.1) is 13.8 Å². The van der Waals surface area contributed by atoms with Crippen molar-refractivity contribution in [3.63, 3.8) is 0 Å². The highest BCUT2D eigenvalue weighted by atomic mass is 16.5. The second kappa shape index (κ2) is 9.57. The van der Waals surface area contributed by atoms with E-state index in [-0.39, 0.29) is 0 Å². The molecule has 1 heteroatoms. The van der Waals surface area contributed by atoms with Gasteiger partial charge in [-0.1, -0.05) is 84.8 Å².